The lowest BCUT2D eigenvalue weighted by atomic mass is 10.1. The molecule has 0 aliphatic carbocycles. The van der Waals surface area contributed by atoms with Gasteiger partial charge in [0, 0.05) is 12.2 Å². The molecular formula is C15H16ClNO2. The summed E-state index contributed by atoms with van der Waals surface area (Å²) in [5.41, 5.74) is 3.20. The predicted molar refractivity (Wildman–Crippen MR) is 78.2 cm³/mol. The van der Waals surface area contributed by atoms with Gasteiger partial charge in [-0.2, -0.15) is 0 Å². The van der Waals surface area contributed by atoms with E-state index in [1.165, 1.54) is 12.7 Å². The summed E-state index contributed by atoms with van der Waals surface area (Å²) in [5, 5.41) is 13.3. The van der Waals surface area contributed by atoms with Crippen molar-refractivity contribution >= 4 is 17.3 Å². The molecule has 0 radical (unpaired) electrons. The number of nitrogens with one attached hydrogen (secondary N) is 1. The van der Waals surface area contributed by atoms with Gasteiger partial charge in [0.2, 0.25) is 0 Å². The van der Waals surface area contributed by atoms with Crippen LogP contribution in [0.5, 0.6) is 11.5 Å². The Morgan fingerprint density at radius 3 is 2.68 bits per heavy atom. The lowest BCUT2D eigenvalue weighted by Gasteiger charge is -2.12. The van der Waals surface area contributed by atoms with Crippen LogP contribution >= 0.6 is 11.6 Å². The summed E-state index contributed by atoms with van der Waals surface area (Å²) in [6.07, 6.45) is 0. The molecule has 0 unspecified atom stereocenters. The van der Waals surface area contributed by atoms with Crippen molar-refractivity contribution < 1.29 is 9.84 Å². The maximum absolute atomic E-state index is 9.67. The first-order valence-electron chi connectivity index (χ1n) is 5.96. The molecule has 2 N–H and O–H groups in total. The van der Waals surface area contributed by atoms with Crippen molar-refractivity contribution in [3.05, 3.63) is 52.5 Å². The fraction of sp³-hybridized carbons (Fsp3) is 0.200. The molecule has 19 heavy (non-hydrogen) atoms. The highest BCUT2D eigenvalue weighted by atomic mass is 35.5. The van der Waals surface area contributed by atoms with Crippen molar-refractivity contribution in [1.82, 2.24) is 0 Å². The van der Waals surface area contributed by atoms with E-state index in [9.17, 15) is 5.11 Å². The number of phenolic OH excluding ortho intramolecular Hbond substituents is 1. The molecule has 0 amide bonds. The van der Waals surface area contributed by atoms with Crippen LogP contribution < -0.4 is 10.1 Å². The summed E-state index contributed by atoms with van der Waals surface area (Å²) < 4.78 is 5.08. The number of halogens is 1. The summed E-state index contributed by atoms with van der Waals surface area (Å²) in [6, 6.07) is 11.6. The van der Waals surface area contributed by atoms with Crippen molar-refractivity contribution in [2.75, 3.05) is 12.4 Å². The van der Waals surface area contributed by atoms with E-state index in [0.717, 1.165) is 11.3 Å². The fourth-order valence-corrected chi connectivity index (χ4v) is 2.09. The first-order chi connectivity index (χ1) is 9.11. The molecule has 2 rings (SSSR count). The molecule has 0 heterocycles. The third-order valence-electron chi connectivity index (χ3n) is 2.94. The minimum absolute atomic E-state index is 0.0243. The van der Waals surface area contributed by atoms with E-state index in [4.69, 9.17) is 16.3 Å². The standard InChI is InChI=1S/C15H16ClNO2/c1-10-5-3-4-6-13(10)17-9-11-7-12(16)15(18)14(8-11)19-2/h3-8,17-18H,9H2,1-2H3. The Balaban J connectivity index is 2.16. The van der Waals surface area contributed by atoms with E-state index in [1.807, 2.05) is 31.2 Å². The zero-order chi connectivity index (χ0) is 13.8. The van der Waals surface area contributed by atoms with Gasteiger partial charge in [0.25, 0.3) is 0 Å². The number of anilines is 1. The van der Waals surface area contributed by atoms with Gasteiger partial charge in [0.15, 0.2) is 11.5 Å². The Morgan fingerprint density at radius 2 is 2.00 bits per heavy atom. The van der Waals surface area contributed by atoms with E-state index in [1.54, 1.807) is 12.1 Å². The topological polar surface area (TPSA) is 41.5 Å². The third-order valence-corrected chi connectivity index (χ3v) is 3.22. The summed E-state index contributed by atoms with van der Waals surface area (Å²) in [7, 11) is 1.50. The molecule has 0 bridgehead atoms. The molecule has 0 saturated carbocycles. The van der Waals surface area contributed by atoms with Crippen molar-refractivity contribution in [2.45, 2.75) is 13.5 Å². The average molecular weight is 278 g/mol. The van der Waals surface area contributed by atoms with Gasteiger partial charge in [-0.1, -0.05) is 29.8 Å². The zero-order valence-corrected chi connectivity index (χ0v) is 11.7. The van der Waals surface area contributed by atoms with Crippen LogP contribution in [-0.2, 0) is 6.54 Å². The molecule has 0 aliphatic rings. The molecule has 100 valence electrons. The Morgan fingerprint density at radius 1 is 1.26 bits per heavy atom. The molecule has 0 fully saturated rings. The largest absolute Gasteiger partial charge is 0.503 e. The van der Waals surface area contributed by atoms with Crippen LogP contribution in [0.4, 0.5) is 5.69 Å². The molecule has 0 spiro atoms. The maximum atomic E-state index is 9.67. The number of ether oxygens (including phenoxy) is 1. The summed E-state index contributed by atoms with van der Waals surface area (Å²) in [4.78, 5) is 0. The van der Waals surface area contributed by atoms with Crippen molar-refractivity contribution in [1.29, 1.82) is 0 Å². The van der Waals surface area contributed by atoms with Gasteiger partial charge in [0.1, 0.15) is 0 Å². The van der Waals surface area contributed by atoms with E-state index in [0.29, 0.717) is 17.3 Å². The minimum Gasteiger partial charge on any atom is -0.503 e. The van der Waals surface area contributed by atoms with Gasteiger partial charge in [-0.05, 0) is 36.2 Å². The van der Waals surface area contributed by atoms with Crippen molar-refractivity contribution in [3.63, 3.8) is 0 Å². The number of para-hydroxylation sites is 1. The Labute approximate surface area is 117 Å². The van der Waals surface area contributed by atoms with Crippen molar-refractivity contribution in [2.24, 2.45) is 0 Å². The first-order valence-corrected chi connectivity index (χ1v) is 6.34. The number of rotatable bonds is 4. The number of hydrogen-bond donors (Lipinski definition) is 2. The highest BCUT2D eigenvalue weighted by Gasteiger charge is 2.08. The fourth-order valence-electron chi connectivity index (χ4n) is 1.85. The quantitative estimate of drug-likeness (QED) is 0.888. The number of aromatic hydroxyl groups is 1. The second-order valence-corrected chi connectivity index (χ2v) is 4.70. The Kier molecular flexibility index (Phi) is 4.17. The average Bonchev–Trinajstić information content (AvgIpc) is 2.41. The van der Waals surface area contributed by atoms with Crippen LogP contribution in [0.1, 0.15) is 11.1 Å². The third kappa shape index (κ3) is 3.12. The molecule has 2 aromatic carbocycles. The summed E-state index contributed by atoms with van der Waals surface area (Å²) in [6.45, 7) is 2.66. The minimum atomic E-state index is -0.0243. The normalized spacial score (nSPS) is 10.3. The van der Waals surface area contributed by atoms with Gasteiger partial charge in [0.05, 0.1) is 12.1 Å². The molecular weight excluding hydrogens is 262 g/mol. The molecule has 0 atom stereocenters. The summed E-state index contributed by atoms with van der Waals surface area (Å²) >= 11 is 5.95. The number of phenols is 1. The van der Waals surface area contributed by atoms with Gasteiger partial charge < -0.3 is 15.2 Å². The van der Waals surface area contributed by atoms with E-state index < -0.39 is 0 Å². The van der Waals surface area contributed by atoms with Crippen molar-refractivity contribution in [3.8, 4) is 11.5 Å². The highest BCUT2D eigenvalue weighted by Crippen LogP contribution is 2.35. The number of benzene rings is 2. The number of hydrogen-bond acceptors (Lipinski definition) is 3. The van der Waals surface area contributed by atoms with Gasteiger partial charge >= 0.3 is 0 Å². The smallest absolute Gasteiger partial charge is 0.176 e. The molecule has 0 aliphatic heterocycles. The monoisotopic (exact) mass is 277 g/mol. The molecule has 0 saturated heterocycles. The lowest BCUT2D eigenvalue weighted by molar-refractivity contribution is 0.373. The van der Waals surface area contributed by atoms with Gasteiger partial charge in [-0.15, -0.1) is 0 Å². The number of aryl methyl sites for hydroxylation is 1. The highest BCUT2D eigenvalue weighted by molar-refractivity contribution is 6.32. The zero-order valence-electron chi connectivity index (χ0n) is 10.9. The van der Waals surface area contributed by atoms with Crippen LogP contribution in [0.15, 0.2) is 36.4 Å². The first kappa shape index (κ1) is 13.6. The SMILES string of the molecule is COc1cc(CNc2ccccc2C)cc(Cl)c1O. The van der Waals surface area contributed by atoms with Crippen LogP contribution in [0.3, 0.4) is 0 Å². The van der Waals surface area contributed by atoms with Crippen LogP contribution in [0.2, 0.25) is 5.02 Å². The Bertz CT molecular complexity index is 584. The van der Waals surface area contributed by atoms with Crippen LogP contribution in [-0.4, -0.2) is 12.2 Å². The van der Waals surface area contributed by atoms with E-state index in [-0.39, 0.29) is 5.75 Å². The summed E-state index contributed by atoms with van der Waals surface area (Å²) in [5.74, 6) is 0.359. The molecule has 2 aromatic rings. The van der Waals surface area contributed by atoms with Gasteiger partial charge in [-0.25, -0.2) is 0 Å². The second-order valence-electron chi connectivity index (χ2n) is 4.30. The van der Waals surface area contributed by atoms with Crippen LogP contribution in [0, 0.1) is 6.92 Å². The molecule has 4 heteroatoms. The van der Waals surface area contributed by atoms with E-state index >= 15 is 0 Å². The molecule has 0 aromatic heterocycles. The second kappa shape index (κ2) is 5.85. The number of methoxy groups -OCH3 is 1. The lowest BCUT2D eigenvalue weighted by Crippen LogP contribution is -2.01. The van der Waals surface area contributed by atoms with Crippen LogP contribution in [0.25, 0.3) is 0 Å². The Hall–Kier alpha value is -1.87. The maximum Gasteiger partial charge on any atom is 0.176 e. The molecule has 3 nitrogen and oxygen atoms in total. The van der Waals surface area contributed by atoms with E-state index in [2.05, 4.69) is 5.32 Å². The predicted octanol–water partition coefficient (Wildman–Crippen LogP) is 3.97. The van der Waals surface area contributed by atoms with Gasteiger partial charge in [-0.3, -0.25) is 0 Å².